The molecular weight excluding hydrogens is 1100 g/mol. The summed E-state index contributed by atoms with van der Waals surface area (Å²) in [6, 6.07) is 16.6. The van der Waals surface area contributed by atoms with Gasteiger partial charge in [0.05, 0.1) is 25.4 Å². The molecule has 2 aromatic carbocycles. The van der Waals surface area contributed by atoms with Gasteiger partial charge in [-0.1, -0.05) is 67.5 Å². The zero-order chi connectivity index (χ0) is 57.0. The molecule has 0 bridgehead atoms. The Bertz CT molecular complexity index is 3170. The van der Waals surface area contributed by atoms with Crippen molar-refractivity contribution >= 4 is 48.8 Å². The third-order valence-electron chi connectivity index (χ3n) is 11.9. The molecule has 0 radical (unpaired) electrons. The summed E-state index contributed by atoms with van der Waals surface area (Å²) in [7, 11) is 0. The van der Waals surface area contributed by atoms with Crippen LogP contribution < -0.4 is 41.7 Å². The number of terminal acetylenes is 1. The third-order valence-corrected chi connectivity index (χ3v) is 16.8. The molecule has 6 rings (SSSR count). The van der Waals surface area contributed by atoms with Crippen LogP contribution in [0, 0.1) is 24.2 Å². The number of para-hydroxylation sites is 2. The highest BCUT2D eigenvalue weighted by atomic mass is 32.5. The normalized spacial score (nSPS) is 25.5. The average molecular weight is 1160 g/mol. The van der Waals surface area contributed by atoms with Crippen LogP contribution in [-0.2, 0) is 61.2 Å². The highest BCUT2D eigenvalue weighted by molar-refractivity contribution is 8.09. The van der Waals surface area contributed by atoms with Crippen molar-refractivity contribution in [3.05, 3.63) is 127 Å². The molecule has 2 aromatic heterocycles. The van der Waals surface area contributed by atoms with Gasteiger partial charge >= 0.3 is 36.6 Å². The molecule has 24 nitrogen and oxygen atoms in total. The number of esters is 2. The van der Waals surface area contributed by atoms with E-state index in [9.17, 15) is 49.2 Å². The third kappa shape index (κ3) is 15.6. The van der Waals surface area contributed by atoms with Gasteiger partial charge in [0.2, 0.25) is 0 Å². The van der Waals surface area contributed by atoms with E-state index in [-0.39, 0.29) is 31.4 Å². The van der Waals surface area contributed by atoms with Gasteiger partial charge in [-0.2, -0.15) is 0 Å². The highest BCUT2D eigenvalue weighted by Crippen LogP contribution is 2.49. The van der Waals surface area contributed by atoms with Crippen molar-refractivity contribution in [1.82, 2.24) is 29.3 Å². The fourth-order valence-electron chi connectivity index (χ4n) is 8.00. The monoisotopic (exact) mass is 1160 g/mol. The molecule has 4 heterocycles. The average Bonchev–Trinajstić information content (AvgIpc) is 3.93. The number of unbranched alkanes of at least 4 members (excludes halogenated alkanes) is 1. The van der Waals surface area contributed by atoms with Gasteiger partial charge in [0.1, 0.15) is 48.0 Å². The number of hydrogen-bond acceptors (Lipinski definition) is 20. The van der Waals surface area contributed by atoms with Crippen molar-refractivity contribution < 1.29 is 67.1 Å². The largest absolute Gasteiger partial charge is 0.462 e. The van der Waals surface area contributed by atoms with Crippen LogP contribution in [0.25, 0.3) is 0 Å². The predicted octanol–water partition coefficient (Wildman–Crippen LogP) is 2.13. The number of benzene rings is 2. The quantitative estimate of drug-likeness (QED) is 0.0204. The number of aromatic nitrogens is 4. The van der Waals surface area contributed by atoms with Crippen LogP contribution in [-0.4, -0.2) is 125 Å². The fourth-order valence-corrected chi connectivity index (χ4v) is 12.8. The zero-order valence-electron chi connectivity index (χ0n) is 43.0. The summed E-state index contributed by atoms with van der Waals surface area (Å²) >= 11 is 11.7. The molecule has 78 heavy (non-hydrogen) atoms. The van der Waals surface area contributed by atoms with Crippen LogP contribution in [0.1, 0.15) is 79.2 Å². The number of hydrogen-bond donors (Lipinski definition) is 8. The van der Waals surface area contributed by atoms with E-state index in [2.05, 4.69) is 32.9 Å². The lowest BCUT2D eigenvalue weighted by molar-refractivity contribution is -0.151. The summed E-state index contributed by atoms with van der Waals surface area (Å²) in [5, 5.41) is 52.2. The minimum Gasteiger partial charge on any atom is -0.462 e. The van der Waals surface area contributed by atoms with Gasteiger partial charge in [0, 0.05) is 30.9 Å². The summed E-state index contributed by atoms with van der Waals surface area (Å²) in [4.78, 5) is 80.3. The van der Waals surface area contributed by atoms with Crippen molar-refractivity contribution in [3.8, 4) is 35.7 Å². The molecule has 13 atom stereocenters. The van der Waals surface area contributed by atoms with Crippen molar-refractivity contribution in [2.75, 3.05) is 13.2 Å². The van der Waals surface area contributed by atoms with E-state index in [1.54, 1.807) is 81.4 Å². The Kier molecular flexibility index (Phi) is 21.3. The molecule has 28 heteroatoms. The van der Waals surface area contributed by atoms with Crippen LogP contribution in [0.4, 0.5) is 0 Å². The Labute approximate surface area is 458 Å². The lowest BCUT2D eigenvalue weighted by atomic mass is 9.94. The molecule has 0 amide bonds. The highest BCUT2D eigenvalue weighted by Gasteiger charge is 2.58. The molecule has 0 spiro atoms. The van der Waals surface area contributed by atoms with Gasteiger partial charge in [-0.25, -0.2) is 19.8 Å². The number of nitrogens with zero attached hydrogens (tertiary/aromatic N) is 2. The summed E-state index contributed by atoms with van der Waals surface area (Å²) < 4.78 is 49.2. The maximum atomic E-state index is 13.9. The molecular formula is C50H62N6O18P2S2. The fraction of sp³-hybridized carbons (Fsp3) is 0.480. The molecule has 0 saturated carbocycles. The lowest BCUT2D eigenvalue weighted by Gasteiger charge is -2.29. The standard InChI is InChI=1S/C50H62N6O18P2S2/c1-7-18-36(54-76(78,74-35-22-15-10-16-23-35)68-29-37-41(59)49(65,8-2)45(71-37)55-27-24-39(57)51-47(55)63)44(62)70-32(5)19-12-11-17-26-50(66)42(60)38(72-46(50)56-28-25-40(58)52-48(56)64)30-67-75(77,73-34-20-13-9-14-21-34)53-33(6)43(61)69-31(3)4/h2,9-10,13-16,20-25,27-28,31-33,36-38,41-42,45-46,59-60,65-66H,7,11-12,18-19,29-30H2,1,3-6H3,(H,53,77)(H,54,78)(H,51,57,63)(H,52,58,64)/t32?,33-,36-,37+,38+,41+,42+,45+,46+,49+,50+,75?,76?/m0/s1. The molecule has 3 unspecified atom stereocenters. The SMILES string of the molecule is C#C[C@@]1(O)[C@H](O)[C@@H](COP(=S)(N[C@@H](CCC)C(=O)OC(C)CCCC#C[C@@]2(O)[C@H](O)[C@@H](COP(=S)(N[C@@H](C)C(=O)OC(C)C)Oc3ccccc3)O[C@H]2n2ccc(=O)[nH]c2=O)Oc2ccccc2)O[C@H]1n1ccc(=O)[nH]c1=O. The summed E-state index contributed by atoms with van der Waals surface area (Å²) in [5.41, 5.74) is -8.36. The van der Waals surface area contributed by atoms with Crippen molar-refractivity contribution in [2.45, 2.75) is 139 Å². The van der Waals surface area contributed by atoms with Crippen molar-refractivity contribution in [3.63, 3.8) is 0 Å². The second-order valence-electron chi connectivity index (χ2n) is 18.4. The van der Waals surface area contributed by atoms with Crippen LogP contribution in [0.3, 0.4) is 0 Å². The van der Waals surface area contributed by atoms with Gasteiger partial charge in [-0.15, -0.1) is 6.42 Å². The number of carbonyl (C=O) groups is 2. The van der Waals surface area contributed by atoms with E-state index in [1.165, 1.54) is 6.92 Å². The minimum atomic E-state index is -3.80. The molecule has 8 N–H and O–H groups in total. The number of aliphatic hydroxyl groups is 4. The van der Waals surface area contributed by atoms with Crippen LogP contribution in [0.5, 0.6) is 11.5 Å². The first kappa shape index (κ1) is 61.6. The summed E-state index contributed by atoms with van der Waals surface area (Å²) in [6.45, 7) is -0.252. The van der Waals surface area contributed by atoms with E-state index in [0.717, 1.165) is 33.7 Å². The Morgan fingerprint density at radius 3 is 1.71 bits per heavy atom. The van der Waals surface area contributed by atoms with Gasteiger partial charge in [0.15, 0.2) is 23.7 Å². The van der Waals surface area contributed by atoms with E-state index in [1.807, 2.05) is 11.9 Å². The molecule has 0 aliphatic carbocycles. The first-order chi connectivity index (χ1) is 36.9. The van der Waals surface area contributed by atoms with Gasteiger partial charge in [0.25, 0.3) is 11.1 Å². The van der Waals surface area contributed by atoms with Gasteiger partial charge in [-0.3, -0.25) is 38.3 Å². The van der Waals surface area contributed by atoms with Gasteiger partial charge < -0.3 is 57.5 Å². The van der Waals surface area contributed by atoms with Crippen molar-refractivity contribution in [2.24, 2.45) is 0 Å². The number of aromatic amines is 2. The molecule has 2 saturated heterocycles. The molecule has 2 aliphatic rings. The van der Waals surface area contributed by atoms with Crippen molar-refractivity contribution in [1.29, 1.82) is 0 Å². The number of rotatable bonds is 25. The second-order valence-corrected chi connectivity index (χ2v) is 24.7. The lowest BCUT2D eigenvalue weighted by Crippen LogP contribution is -2.48. The maximum absolute atomic E-state index is 13.9. The molecule has 422 valence electrons. The topological polar surface area (TPSA) is 323 Å². The molecule has 2 aliphatic heterocycles. The van der Waals surface area contributed by atoms with Crippen LogP contribution in [0.15, 0.2) is 104 Å². The van der Waals surface area contributed by atoms with E-state index < -0.39 is 133 Å². The number of ether oxygens (including phenoxy) is 4. The van der Waals surface area contributed by atoms with E-state index in [4.69, 9.17) is 67.1 Å². The number of aliphatic hydroxyl groups excluding tert-OH is 2. The van der Waals surface area contributed by atoms with Crippen LogP contribution >= 0.6 is 13.3 Å². The van der Waals surface area contributed by atoms with Crippen LogP contribution in [0.2, 0.25) is 0 Å². The first-order valence-corrected chi connectivity index (χ1v) is 29.9. The number of H-pyrrole nitrogens is 2. The Morgan fingerprint density at radius 2 is 1.23 bits per heavy atom. The summed E-state index contributed by atoms with van der Waals surface area (Å²) in [5.74, 6) is 6.76. The smallest absolute Gasteiger partial charge is 0.330 e. The minimum absolute atomic E-state index is 0.0725. The number of carbonyl (C=O) groups excluding carboxylic acids is 2. The molecule has 4 aromatic rings. The Hall–Kier alpha value is -5.64. The number of nitrogens with one attached hydrogen (secondary N) is 4. The Balaban J connectivity index is 1.12. The zero-order valence-corrected chi connectivity index (χ0v) is 46.4. The Morgan fingerprint density at radius 1 is 0.744 bits per heavy atom. The predicted molar refractivity (Wildman–Crippen MR) is 289 cm³/mol. The molecule has 2 fully saturated rings. The maximum Gasteiger partial charge on any atom is 0.330 e. The first-order valence-electron chi connectivity index (χ1n) is 24.6. The summed E-state index contributed by atoms with van der Waals surface area (Å²) in [6.07, 6.45) is -2.01. The van der Waals surface area contributed by atoms with E-state index in [0.29, 0.717) is 12.2 Å². The second kappa shape index (κ2) is 27.0. The van der Waals surface area contributed by atoms with Gasteiger partial charge in [-0.05, 0) is 94.8 Å². The van der Waals surface area contributed by atoms with E-state index >= 15 is 0 Å².